The Kier molecular flexibility index (Phi) is 8.54. The number of methoxy groups -OCH3 is 1. The number of benzene rings is 1. The summed E-state index contributed by atoms with van der Waals surface area (Å²) in [5.41, 5.74) is 6.32. The molecule has 10 heteroatoms. The Hall–Kier alpha value is -3.01. The third-order valence-electron chi connectivity index (χ3n) is 4.32. The Bertz CT molecular complexity index is 1160. The molecule has 3 rings (SSSR count). The normalized spacial score (nSPS) is 11.9. The van der Waals surface area contributed by atoms with Crippen molar-refractivity contribution in [2.24, 2.45) is 5.73 Å². The highest BCUT2D eigenvalue weighted by molar-refractivity contribution is 7.20. The van der Waals surface area contributed by atoms with Crippen molar-refractivity contribution in [1.29, 1.82) is 0 Å². The van der Waals surface area contributed by atoms with E-state index >= 15 is 0 Å². The smallest absolute Gasteiger partial charge is 0.351 e. The van der Waals surface area contributed by atoms with Crippen molar-refractivity contribution in [2.45, 2.75) is 32.4 Å². The van der Waals surface area contributed by atoms with Crippen molar-refractivity contribution >= 4 is 51.7 Å². The summed E-state index contributed by atoms with van der Waals surface area (Å²) < 4.78 is 15.7. The van der Waals surface area contributed by atoms with Gasteiger partial charge in [-0.25, -0.2) is 14.6 Å². The summed E-state index contributed by atoms with van der Waals surface area (Å²) in [4.78, 5) is 42.1. The number of nitrogens with two attached hydrogens (primary N) is 1. The van der Waals surface area contributed by atoms with Crippen LogP contribution in [0.3, 0.4) is 0 Å². The summed E-state index contributed by atoms with van der Waals surface area (Å²) in [5, 5.41) is 0.502. The minimum absolute atomic E-state index is 0. The Balaban J connectivity index is 0.00000385. The topological polar surface area (TPSA) is 118 Å². The zero-order valence-electron chi connectivity index (χ0n) is 18.6. The van der Waals surface area contributed by atoms with Crippen LogP contribution < -0.4 is 10.5 Å². The Morgan fingerprint density at radius 1 is 1.09 bits per heavy atom. The zero-order valence-corrected chi connectivity index (χ0v) is 20.2. The van der Waals surface area contributed by atoms with Gasteiger partial charge in [0.2, 0.25) is 0 Å². The van der Waals surface area contributed by atoms with Gasteiger partial charge >= 0.3 is 11.9 Å². The molecule has 0 aliphatic rings. The van der Waals surface area contributed by atoms with Gasteiger partial charge in [-0.05, 0) is 32.9 Å². The van der Waals surface area contributed by atoms with Crippen LogP contribution in [0.1, 0.15) is 52.5 Å². The molecule has 0 bridgehead atoms. The van der Waals surface area contributed by atoms with Gasteiger partial charge in [0.1, 0.15) is 16.5 Å². The van der Waals surface area contributed by atoms with E-state index in [1.807, 2.05) is 6.07 Å². The molecular weight excluding hydrogens is 468 g/mol. The Morgan fingerprint density at radius 2 is 1.76 bits per heavy atom. The van der Waals surface area contributed by atoms with Gasteiger partial charge in [0, 0.05) is 5.56 Å². The molecule has 0 amide bonds. The monoisotopic (exact) mass is 492 g/mol. The molecule has 33 heavy (non-hydrogen) atoms. The standard InChI is InChI=1S/C23H24N2O6S.ClH/c1-23(2,3)31-16(26)12-30-19-14-10-11-15(25-21(14)32-20(19)22(28)29-4)17(24)18(27)13-8-6-5-7-9-13;/h5-11,17H,12,24H2,1-4H3;1H. The average molecular weight is 493 g/mol. The molecule has 2 N–H and O–H groups in total. The van der Waals surface area contributed by atoms with Crippen molar-refractivity contribution in [1.82, 2.24) is 4.98 Å². The predicted molar refractivity (Wildman–Crippen MR) is 127 cm³/mol. The van der Waals surface area contributed by atoms with Gasteiger partial charge in [-0.1, -0.05) is 30.3 Å². The van der Waals surface area contributed by atoms with E-state index in [1.165, 1.54) is 7.11 Å². The maximum atomic E-state index is 12.7. The van der Waals surface area contributed by atoms with Gasteiger partial charge < -0.3 is 19.9 Å². The number of ketones is 1. The Labute approximate surface area is 201 Å². The van der Waals surface area contributed by atoms with E-state index in [2.05, 4.69) is 4.98 Å². The van der Waals surface area contributed by atoms with Gasteiger partial charge in [-0.3, -0.25) is 4.79 Å². The van der Waals surface area contributed by atoms with Crippen molar-refractivity contribution in [3.05, 3.63) is 58.6 Å². The largest absolute Gasteiger partial charge is 0.479 e. The minimum atomic E-state index is -0.975. The maximum absolute atomic E-state index is 12.7. The number of Topliss-reactive ketones (excluding diaryl/α,β-unsaturated/α-hetero) is 1. The van der Waals surface area contributed by atoms with Crippen LogP contribution >= 0.6 is 23.7 Å². The first-order chi connectivity index (χ1) is 15.1. The van der Waals surface area contributed by atoms with E-state index in [1.54, 1.807) is 57.2 Å². The second kappa shape index (κ2) is 10.7. The predicted octanol–water partition coefficient (Wildman–Crippen LogP) is 4.11. The average Bonchev–Trinajstić information content (AvgIpc) is 3.13. The summed E-state index contributed by atoms with van der Waals surface area (Å²) in [6, 6.07) is 11.0. The van der Waals surface area contributed by atoms with Gasteiger partial charge in [-0.2, -0.15) is 0 Å². The van der Waals surface area contributed by atoms with Crippen LogP contribution in [0, 0.1) is 0 Å². The highest BCUT2D eigenvalue weighted by Crippen LogP contribution is 2.38. The summed E-state index contributed by atoms with van der Waals surface area (Å²) in [7, 11) is 1.25. The summed E-state index contributed by atoms with van der Waals surface area (Å²) >= 11 is 1.03. The van der Waals surface area contributed by atoms with E-state index in [9.17, 15) is 14.4 Å². The lowest BCUT2D eigenvalue weighted by Crippen LogP contribution is -2.27. The van der Waals surface area contributed by atoms with Gasteiger partial charge in [0.05, 0.1) is 18.2 Å². The molecule has 1 atom stereocenters. The van der Waals surface area contributed by atoms with Crippen molar-refractivity contribution in [2.75, 3.05) is 13.7 Å². The number of esters is 2. The highest BCUT2D eigenvalue weighted by Gasteiger charge is 2.26. The highest BCUT2D eigenvalue weighted by atomic mass is 35.5. The molecular formula is C23H25ClN2O6S. The number of hydrogen-bond donors (Lipinski definition) is 1. The minimum Gasteiger partial charge on any atom is -0.479 e. The second-order valence-corrected chi connectivity index (χ2v) is 8.92. The summed E-state index contributed by atoms with van der Waals surface area (Å²) in [6.45, 7) is 4.85. The lowest BCUT2D eigenvalue weighted by molar-refractivity contribution is -0.157. The van der Waals surface area contributed by atoms with Gasteiger partial charge in [0.15, 0.2) is 23.0 Å². The quantitative estimate of drug-likeness (QED) is 0.386. The van der Waals surface area contributed by atoms with E-state index in [-0.39, 0.29) is 35.4 Å². The number of ether oxygens (including phenoxy) is 3. The molecule has 2 aromatic heterocycles. The van der Waals surface area contributed by atoms with E-state index in [4.69, 9.17) is 19.9 Å². The fourth-order valence-electron chi connectivity index (χ4n) is 2.93. The van der Waals surface area contributed by atoms with Crippen LogP contribution in [0.15, 0.2) is 42.5 Å². The fraction of sp³-hybridized carbons (Fsp3) is 0.304. The Morgan fingerprint density at radius 3 is 2.36 bits per heavy atom. The lowest BCUT2D eigenvalue weighted by Gasteiger charge is -2.19. The first-order valence-corrected chi connectivity index (χ1v) is 10.6. The molecule has 0 aliphatic carbocycles. The zero-order chi connectivity index (χ0) is 23.5. The van der Waals surface area contributed by atoms with Crippen molar-refractivity contribution < 1.29 is 28.6 Å². The third-order valence-corrected chi connectivity index (χ3v) is 5.38. The number of hydrogen-bond acceptors (Lipinski definition) is 9. The van der Waals surface area contributed by atoms with Crippen LogP contribution in [-0.2, 0) is 14.3 Å². The molecule has 3 aromatic rings. The number of carbonyl (C=O) groups excluding carboxylic acids is 3. The third kappa shape index (κ3) is 6.28. The molecule has 0 aliphatic heterocycles. The molecule has 8 nitrogen and oxygen atoms in total. The molecule has 1 aromatic carbocycles. The second-order valence-electron chi connectivity index (χ2n) is 7.92. The van der Waals surface area contributed by atoms with E-state index in [0.29, 0.717) is 21.5 Å². The molecule has 1 unspecified atom stereocenters. The summed E-state index contributed by atoms with van der Waals surface area (Å²) in [5.74, 6) is -1.31. The van der Waals surface area contributed by atoms with Crippen molar-refractivity contribution in [3.8, 4) is 5.75 Å². The van der Waals surface area contributed by atoms with Gasteiger partial charge in [0.25, 0.3) is 0 Å². The summed E-state index contributed by atoms with van der Waals surface area (Å²) in [6.07, 6.45) is 0. The van der Waals surface area contributed by atoms with Crippen molar-refractivity contribution in [3.63, 3.8) is 0 Å². The van der Waals surface area contributed by atoms with E-state index < -0.39 is 23.6 Å². The van der Waals surface area contributed by atoms with Crippen LogP contribution in [-0.4, -0.2) is 42.0 Å². The maximum Gasteiger partial charge on any atom is 0.351 e. The van der Waals surface area contributed by atoms with E-state index in [0.717, 1.165) is 11.3 Å². The molecule has 0 saturated carbocycles. The number of thiophene rings is 1. The van der Waals surface area contributed by atoms with Crippen LogP contribution in [0.2, 0.25) is 0 Å². The number of halogens is 1. The first-order valence-electron chi connectivity index (χ1n) is 9.82. The van der Waals surface area contributed by atoms with Gasteiger partial charge in [-0.15, -0.1) is 23.7 Å². The number of carbonyl (C=O) groups is 3. The molecule has 2 heterocycles. The molecule has 0 radical (unpaired) electrons. The molecule has 0 saturated heterocycles. The molecule has 0 fully saturated rings. The lowest BCUT2D eigenvalue weighted by atomic mass is 10.0. The molecule has 176 valence electrons. The number of nitrogens with zero attached hydrogens (tertiary/aromatic N) is 1. The fourth-order valence-corrected chi connectivity index (χ4v) is 3.98. The SMILES string of the molecule is COC(=O)c1sc2nc(C(N)C(=O)c3ccccc3)ccc2c1OCC(=O)OC(C)(C)C.Cl. The molecule has 0 spiro atoms. The number of aromatic nitrogens is 1. The first kappa shape index (κ1) is 26.2. The number of pyridine rings is 1. The number of rotatable bonds is 7. The van der Waals surface area contributed by atoms with Crippen LogP contribution in [0.25, 0.3) is 10.2 Å². The van der Waals surface area contributed by atoms with Crippen LogP contribution in [0.4, 0.5) is 0 Å². The number of fused-ring (bicyclic) bond motifs is 1. The van der Waals surface area contributed by atoms with Crippen LogP contribution in [0.5, 0.6) is 5.75 Å².